The summed E-state index contributed by atoms with van der Waals surface area (Å²) >= 11 is 5.99. The Labute approximate surface area is 142 Å². The summed E-state index contributed by atoms with van der Waals surface area (Å²) in [6, 6.07) is 11.0. The second kappa shape index (κ2) is 7.52. The van der Waals surface area contributed by atoms with Gasteiger partial charge >= 0.3 is 0 Å². The van der Waals surface area contributed by atoms with Crippen LogP contribution in [-0.4, -0.2) is 11.5 Å². The van der Waals surface area contributed by atoms with E-state index in [-0.39, 0.29) is 0 Å². The van der Waals surface area contributed by atoms with Crippen molar-refractivity contribution < 1.29 is 0 Å². The number of hydrogen-bond acceptors (Lipinski definition) is 2. The Kier molecular flexibility index (Phi) is 5.99. The summed E-state index contributed by atoms with van der Waals surface area (Å²) in [6.07, 6.45) is 3.72. The number of halogens is 2. The van der Waals surface area contributed by atoms with Crippen LogP contribution >= 0.6 is 38.5 Å². The van der Waals surface area contributed by atoms with Crippen molar-refractivity contribution in [2.75, 3.05) is 6.54 Å². The third kappa shape index (κ3) is 3.80. The van der Waals surface area contributed by atoms with E-state index in [1.807, 2.05) is 12.4 Å². The molecule has 0 fully saturated rings. The topological polar surface area (TPSA) is 24.9 Å². The van der Waals surface area contributed by atoms with Gasteiger partial charge in [-0.15, -0.1) is 0 Å². The first-order valence-corrected chi connectivity index (χ1v) is 8.59. The molecule has 2 unspecified atom stereocenters. The van der Waals surface area contributed by atoms with Crippen LogP contribution in [0.25, 0.3) is 0 Å². The Morgan fingerprint density at radius 1 is 1.25 bits per heavy atom. The van der Waals surface area contributed by atoms with Crippen LogP contribution in [0.2, 0.25) is 0 Å². The lowest BCUT2D eigenvalue weighted by Crippen LogP contribution is -2.26. The Morgan fingerprint density at radius 2 is 1.95 bits per heavy atom. The van der Waals surface area contributed by atoms with Crippen molar-refractivity contribution in [2.24, 2.45) is 0 Å². The van der Waals surface area contributed by atoms with Crippen LogP contribution in [0.4, 0.5) is 0 Å². The first-order valence-electron chi connectivity index (χ1n) is 6.71. The van der Waals surface area contributed by atoms with Crippen molar-refractivity contribution in [3.05, 3.63) is 61.9 Å². The normalized spacial score (nSPS) is 14.0. The van der Waals surface area contributed by atoms with Crippen LogP contribution in [0.15, 0.2) is 47.2 Å². The molecule has 2 rings (SSSR count). The molecule has 2 nitrogen and oxygen atoms in total. The van der Waals surface area contributed by atoms with E-state index in [0.29, 0.717) is 12.0 Å². The monoisotopic (exact) mass is 444 g/mol. The molecule has 0 saturated heterocycles. The highest BCUT2D eigenvalue weighted by molar-refractivity contribution is 14.1. The average molecular weight is 445 g/mol. The van der Waals surface area contributed by atoms with Crippen molar-refractivity contribution >= 4 is 38.5 Å². The second-order valence-corrected chi connectivity index (χ2v) is 6.85. The standard InChI is InChI=1S/C16H18BrIN2/c1-3-20-16(11(2)12-6-8-19-9-7-12)14-10-13(17)4-5-15(14)18/h4-11,16,20H,3H2,1-2H3. The molecule has 0 aliphatic carbocycles. The maximum atomic E-state index is 4.11. The fourth-order valence-corrected chi connectivity index (χ4v) is 3.44. The number of hydrogen-bond donors (Lipinski definition) is 1. The lowest BCUT2D eigenvalue weighted by molar-refractivity contribution is 0.477. The lowest BCUT2D eigenvalue weighted by atomic mass is 9.89. The van der Waals surface area contributed by atoms with Crippen molar-refractivity contribution in [2.45, 2.75) is 25.8 Å². The largest absolute Gasteiger partial charge is 0.310 e. The maximum absolute atomic E-state index is 4.11. The fraction of sp³-hybridized carbons (Fsp3) is 0.312. The molecule has 2 atom stereocenters. The molecule has 2 aromatic rings. The molecule has 0 aliphatic rings. The highest BCUT2D eigenvalue weighted by Crippen LogP contribution is 2.34. The molecule has 4 heteroatoms. The van der Waals surface area contributed by atoms with Gasteiger partial charge in [-0.05, 0) is 70.6 Å². The molecule has 0 saturated carbocycles. The highest BCUT2D eigenvalue weighted by Gasteiger charge is 2.22. The van der Waals surface area contributed by atoms with Gasteiger partial charge in [0.15, 0.2) is 0 Å². The summed E-state index contributed by atoms with van der Waals surface area (Å²) in [5.74, 6) is 0.390. The molecule has 1 aromatic carbocycles. The minimum Gasteiger partial charge on any atom is -0.310 e. The molecule has 0 bridgehead atoms. The van der Waals surface area contributed by atoms with Crippen LogP contribution in [0, 0.1) is 3.57 Å². The van der Waals surface area contributed by atoms with E-state index in [2.05, 4.69) is 93.0 Å². The molecular weight excluding hydrogens is 427 g/mol. The van der Waals surface area contributed by atoms with Gasteiger partial charge in [0.25, 0.3) is 0 Å². The van der Waals surface area contributed by atoms with Crippen molar-refractivity contribution in [3.8, 4) is 0 Å². The van der Waals surface area contributed by atoms with Crippen LogP contribution in [-0.2, 0) is 0 Å². The summed E-state index contributed by atoms with van der Waals surface area (Å²) in [5, 5.41) is 3.62. The number of nitrogens with one attached hydrogen (secondary N) is 1. The summed E-state index contributed by atoms with van der Waals surface area (Å²) in [7, 11) is 0. The van der Waals surface area contributed by atoms with E-state index in [1.54, 1.807) is 0 Å². The first-order chi connectivity index (χ1) is 9.63. The van der Waals surface area contributed by atoms with Gasteiger partial charge in [0.2, 0.25) is 0 Å². The number of rotatable bonds is 5. The molecule has 0 radical (unpaired) electrons. The van der Waals surface area contributed by atoms with Crippen molar-refractivity contribution in [3.63, 3.8) is 0 Å². The number of pyridine rings is 1. The molecule has 20 heavy (non-hydrogen) atoms. The average Bonchev–Trinajstić information content (AvgIpc) is 2.48. The van der Waals surface area contributed by atoms with Gasteiger partial charge in [-0.3, -0.25) is 4.98 Å². The van der Waals surface area contributed by atoms with Crippen LogP contribution < -0.4 is 5.32 Å². The summed E-state index contributed by atoms with van der Waals surface area (Å²) in [5.41, 5.74) is 2.65. The summed E-state index contributed by atoms with van der Waals surface area (Å²) in [4.78, 5) is 4.11. The number of likely N-dealkylation sites (N-methyl/N-ethyl adjacent to an activating group) is 1. The quantitative estimate of drug-likeness (QED) is 0.663. The molecule has 1 heterocycles. The zero-order chi connectivity index (χ0) is 14.5. The minimum absolute atomic E-state index is 0.298. The van der Waals surface area contributed by atoms with Gasteiger partial charge < -0.3 is 5.32 Å². The predicted octanol–water partition coefficient (Wildman–Crippen LogP) is 4.90. The van der Waals surface area contributed by atoms with Gasteiger partial charge in [0.1, 0.15) is 0 Å². The van der Waals surface area contributed by atoms with E-state index < -0.39 is 0 Å². The van der Waals surface area contributed by atoms with Crippen molar-refractivity contribution in [1.29, 1.82) is 0 Å². The predicted molar refractivity (Wildman–Crippen MR) is 95.9 cm³/mol. The number of aromatic nitrogens is 1. The zero-order valence-electron chi connectivity index (χ0n) is 11.6. The third-order valence-corrected chi connectivity index (χ3v) is 4.92. The molecular formula is C16H18BrIN2. The molecule has 106 valence electrons. The molecule has 1 N–H and O–H groups in total. The van der Waals surface area contributed by atoms with Gasteiger partial charge in [-0.1, -0.05) is 29.8 Å². The van der Waals surface area contributed by atoms with Gasteiger partial charge in [0.05, 0.1) is 0 Å². The Morgan fingerprint density at radius 3 is 2.60 bits per heavy atom. The van der Waals surface area contributed by atoms with Crippen molar-refractivity contribution in [1.82, 2.24) is 10.3 Å². The van der Waals surface area contributed by atoms with E-state index in [1.165, 1.54) is 14.7 Å². The highest BCUT2D eigenvalue weighted by atomic mass is 127. The Hall–Kier alpha value is -0.460. The smallest absolute Gasteiger partial charge is 0.0397 e. The van der Waals surface area contributed by atoms with E-state index in [4.69, 9.17) is 0 Å². The third-order valence-electron chi connectivity index (χ3n) is 3.45. The zero-order valence-corrected chi connectivity index (χ0v) is 15.3. The first kappa shape index (κ1) is 15.9. The fourth-order valence-electron chi connectivity index (χ4n) is 2.39. The molecule has 0 amide bonds. The molecule has 0 spiro atoms. The van der Waals surface area contributed by atoms with Crippen LogP contribution in [0.3, 0.4) is 0 Å². The van der Waals surface area contributed by atoms with E-state index in [9.17, 15) is 0 Å². The maximum Gasteiger partial charge on any atom is 0.0397 e. The Bertz CT molecular complexity index is 560. The van der Waals surface area contributed by atoms with Crippen LogP contribution in [0.1, 0.15) is 36.9 Å². The number of nitrogens with zero attached hydrogens (tertiary/aromatic N) is 1. The van der Waals surface area contributed by atoms with Gasteiger partial charge in [0, 0.05) is 32.4 Å². The van der Waals surface area contributed by atoms with Gasteiger partial charge in [-0.25, -0.2) is 0 Å². The molecule has 0 aliphatic heterocycles. The summed E-state index contributed by atoms with van der Waals surface area (Å²) < 4.78 is 2.41. The lowest BCUT2D eigenvalue weighted by Gasteiger charge is -2.27. The van der Waals surface area contributed by atoms with E-state index in [0.717, 1.165) is 11.0 Å². The van der Waals surface area contributed by atoms with Gasteiger partial charge in [-0.2, -0.15) is 0 Å². The van der Waals surface area contributed by atoms with Crippen LogP contribution in [0.5, 0.6) is 0 Å². The minimum atomic E-state index is 0.298. The Balaban J connectivity index is 2.38. The summed E-state index contributed by atoms with van der Waals surface area (Å²) in [6.45, 7) is 5.36. The number of benzene rings is 1. The molecule has 1 aromatic heterocycles. The SMILES string of the molecule is CCNC(c1cc(Br)ccc1I)C(C)c1ccncc1. The second-order valence-electron chi connectivity index (χ2n) is 4.77. The van der Waals surface area contributed by atoms with E-state index >= 15 is 0 Å².